The van der Waals surface area contributed by atoms with Gasteiger partial charge in [-0.1, -0.05) is 73.3 Å². The van der Waals surface area contributed by atoms with Gasteiger partial charge in [-0.15, -0.1) is 0 Å². The summed E-state index contributed by atoms with van der Waals surface area (Å²) in [5, 5.41) is 6.15. The van der Waals surface area contributed by atoms with Crippen molar-refractivity contribution in [1.29, 1.82) is 0 Å². The second-order valence-corrected chi connectivity index (χ2v) is 8.64. The van der Waals surface area contributed by atoms with Crippen molar-refractivity contribution < 1.29 is 9.59 Å². The summed E-state index contributed by atoms with van der Waals surface area (Å²) in [4.78, 5) is 26.7. The third-order valence-corrected chi connectivity index (χ3v) is 6.43. The first-order chi connectivity index (χ1) is 16.1. The summed E-state index contributed by atoms with van der Waals surface area (Å²) in [5.74, 6) is 0.281. The molecule has 4 rings (SSSR count). The number of carbonyl (C=O) groups excluding carboxylic acids is 2. The van der Waals surface area contributed by atoms with Gasteiger partial charge in [-0.2, -0.15) is 0 Å². The Bertz CT molecular complexity index is 1050. The van der Waals surface area contributed by atoms with Crippen LogP contribution in [0.25, 0.3) is 5.57 Å². The number of likely N-dealkylation sites (tertiary alicyclic amines) is 1. The SMILES string of the molecule is C=CC(=O)Nc1ccccc1CC1CCN(C(=O)NC2CC=CC=C2c2ccccc2)CC1. The zero-order chi connectivity index (χ0) is 23.0. The summed E-state index contributed by atoms with van der Waals surface area (Å²) in [7, 11) is 0. The van der Waals surface area contributed by atoms with Crippen molar-refractivity contribution in [3.63, 3.8) is 0 Å². The summed E-state index contributed by atoms with van der Waals surface area (Å²) in [6.45, 7) is 5.01. The van der Waals surface area contributed by atoms with Crippen LogP contribution in [0.15, 0.2) is 85.5 Å². The topological polar surface area (TPSA) is 61.4 Å². The molecule has 0 radical (unpaired) electrons. The molecule has 3 amide bonds. The number of urea groups is 1. The van der Waals surface area contributed by atoms with E-state index in [1.165, 1.54) is 6.08 Å². The normalized spacial score (nSPS) is 18.4. The van der Waals surface area contributed by atoms with Crippen LogP contribution in [-0.2, 0) is 11.2 Å². The van der Waals surface area contributed by atoms with Crippen LogP contribution in [0.4, 0.5) is 10.5 Å². The van der Waals surface area contributed by atoms with E-state index in [2.05, 4.69) is 53.6 Å². The molecule has 1 atom stereocenters. The predicted octanol–water partition coefficient (Wildman–Crippen LogP) is 5.19. The highest BCUT2D eigenvalue weighted by Gasteiger charge is 2.26. The molecule has 2 aromatic carbocycles. The molecule has 0 aromatic heterocycles. The highest BCUT2D eigenvalue weighted by molar-refractivity contribution is 5.99. The third kappa shape index (κ3) is 5.80. The van der Waals surface area contributed by atoms with Crippen molar-refractivity contribution in [3.05, 3.63) is 96.6 Å². The number of carbonyl (C=O) groups is 2. The zero-order valence-corrected chi connectivity index (χ0v) is 18.9. The molecule has 1 heterocycles. The van der Waals surface area contributed by atoms with E-state index in [9.17, 15) is 9.59 Å². The predicted molar refractivity (Wildman–Crippen MR) is 134 cm³/mol. The molecule has 0 saturated carbocycles. The van der Waals surface area contributed by atoms with E-state index >= 15 is 0 Å². The molecule has 5 heteroatoms. The van der Waals surface area contributed by atoms with Crippen molar-refractivity contribution >= 4 is 23.2 Å². The van der Waals surface area contributed by atoms with Crippen molar-refractivity contribution in [2.75, 3.05) is 18.4 Å². The third-order valence-electron chi connectivity index (χ3n) is 6.43. The molecule has 170 valence electrons. The highest BCUT2D eigenvalue weighted by Crippen LogP contribution is 2.27. The van der Waals surface area contributed by atoms with Crippen LogP contribution >= 0.6 is 0 Å². The number of amides is 3. The van der Waals surface area contributed by atoms with E-state index in [1.807, 2.05) is 41.3 Å². The molecule has 5 nitrogen and oxygen atoms in total. The van der Waals surface area contributed by atoms with Gasteiger partial charge in [-0.05, 0) is 60.4 Å². The molecule has 1 fully saturated rings. The van der Waals surface area contributed by atoms with Gasteiger partial charge < -0.3 is 15.5 Å². The molecule has 0 bridgehead atoms. The van der Waals surface area contributed by atoms with Crippen molar-refractivity contribution in [1.82, 2.24) is 10.2 Å². The number of para-hydroxylation sites is 1. The van der Waals surface area contributed by atoms with Crippen molar-refractivity contribution in [2.24, 2.45) is 5.92 Å². The van der Waals surface area contributed by atoms with Gasteiger partial charge in [-0.25, -0.2) is 4.79 Å². The van der Waals surface area contributed by atoms with E-state index in [0.29, 0.717) is 5.92 Å². The van der Waals surface area contributed by atoms with Gasteiger partial charge in [0.15, 0.2) is 0 Å². The fourth-order valence-corrected chi connectivity index (χ4v) is 4.59. The fourth-order valence-electron chi connectivity index (χ4n) is 4.59. The smallest absolute Gasteiger partial charge is 0.317 e. The van der Waals surface area contributed by atoms with Crippen LogP contribution in [0, 0.1) is 5.92 Å². The van der Waals surface area contributed by atoms with Gasteiger partial charge >= 0.3 is 6.03 Å². The van der Waals surface area contributed by atoms with E-state index < -0.39 is 0 Å². The number of hydrogen-bond acceptors (Lipinski definition) is 2. The second kappa shape index (κ2) is 10.8. The first-order valence-electron chi connectivity index (χ1n) is 11.6. The van der Waals surface area contributed by atoms with E-state index in [1.54, 1.807) is 0 Å². The first kappa shape index (κ1) is 22.6. The Morgan fingerprint density at radius 3 is 2.52 bits per heavy atom. The van der Waals surface area contributed by atoms with Gasteiger partial charge in [0.1, 0.15) is 0 Å². The molecule has 2 aromatic rings. The molecule has 0 spiro atoms. The lowest BCUT2D eigenvalue weighted by Gasteiger charge is -2.34. The standard InChI is InChI=1S/C28H31N3O2/c1-2-27(32)29-25-14-8-6-12-23(25)20-21-16-18-31(19-17-21)28(33)30-26-15-9-7-13-24(26)22-10-4-3-5-11-22/h2-14,21,26H,1,15-20H2,(H,29,32)(H,30,33). The number of piperidine rings is 1. The lowest BCUT2D eigenvalue weighted by Crippen LogP contribution is -2.48. The zero-order valence-electron chi connectivity index (χ0n) is 18.9. The number of allylic oxidation sites excluding steroid dienone is 2. The Balaban J connectivity index is 1.32. The molecule has 2 N–H and O–H groups in total. The van der Waals surface area contributed by atoms with Crippen LogP contribution in [-0.4, -0.2) is 36.0 Å². The van der Waals surface area contributed by atoms with Gasteiger partial charge in [-0.3, -0.25) is 4.79 Å². The van der Waals surface area contributed by atoms with Gasteiger partial charge in [0.05, 0.1) is 6.04 Å². The summed E-state index contributed by atoms with van der Waals surface area (Å²) >= 11 is 0. The maximum absolute atomic E-state index is 13.0. The van der Waals surface area contributed by atoms with Crippen LogP contribution < -0.4 is 10.6 Å². The average Bonchev–Trinajstić information content (AvgIpc) is 2.86. The summed E-state index contributed by atoms with van der Waals surface area (Å²) in [5.41, 5.74) is 4.27. The molecule has 1 unspecified atom stereocenters. The average molecular weight is 442 g/mol. The minimum atomic E-state index is -0.199. The number of nitrogens with zero attached hydrogens (tertiary/aromatic N) is 1. The Morgan fingerprint density at radius 2 is 1.76 bits per heavy atom. The highest BCUT2D eigenvalue weighted by atomic mass is 16.2. The second-order valence-electron chi connectivity index (χ2n) is 8.64. The number of anilines is 1. The van der Waals surface area contributed by atoms with Crippen molar-refractivity contribution in [3.8, 4) is 0 Å². The summed E-state index contributed by atoms with van der Waals surface area (Å²) < 4.78 is 0. The molecular formula is C28H31N3O2. The molecule has 2 aliphatic rings. The van der Waals surface area contributed by atoms with E-state index in [0.717, 1.165) is 61.2 Å². The molecule has 1 aliphatic heterocycles. The molecule has 33 heavy (non-hydrogen) atoms. The number of rotatable bonds is 6. The number of hydrogen-bond donors (Lipinski definition) is 2. The molecule has 1 aliphatic carbocycles. The molecular weight excluding hydrogens is 410 g/mol. The quantitative estimate of drug-likeness (QED) is 0.606. The maximum Gasteiger partial charge on any atom is 0.317 e. The largest absolute Gasteiger partial charge is 0.331 e. The minimum absolute atomic E-state index is 0.00854. The van der Waals surface area contributed by atoms with Gasteiger partial charge in [0.2, 0.25) is 5.91 Å². The van der Waals surface area contributed by atoms with Gasteiger partial charge in [0, 0.05) is 18.8 Å². The number of nitrogens with one attached hydrogen (secondary N) is 2. The van der Waals surface area contributed by atoms with Crippen LogP contribution in [0.1, 0.15) is 30.4 Å². The lowest BCUT2D eigenvalue weighted by molar-refractivity contribution is -0.111. The summed E-state index contributed by atoms with van der Waals surface area (Å²) in [6, 6.07) is 18.1. The van der Waals surface area contributed by atoms with Gasteiger partial charge in [0.25, 0.3) is 0 Å². The fraction of sp³-hybridized carbons (Fsp3) is 0.286. The number of benzene rings is 2. The Hall–Kier alpha value is -3.60. The first-order valence-corrected chi connectivity index (χ1v) is 11.6. The molecule has 1 saturated heterocycles. The minimum Gasteiger partial charge on any atom is -0.331 e. The van der Waals surface area contributed by atoms with E-state index in [4.69, 9.17) is 0 Å². The van der Waals surface area contributed by atoms with Crippen LogP contribution in [0.2, 0.25) is 0 Å². The monoisotopic (exact) mass is 441 g/mol. The Morgan fingerprint density at radius 1 is 1.03 bits per heavy atom. The van der Waals surface area contributed by atoms with Crippen LogP contribution in [0.3, 0.4) is 0 Å². The van der Waals surface area contributed by atoms with Crippen molar-refractivity contribution in [2.45, 2.75) is 31.7 Å². The summed E-state index contributed by atoms with van der Waals surface area (Å²) in [6.07, 6.45) is 11.1. The Labute approximate surface area is 195 Å². The van der Waals surface area contributed by atoms with E-state index in [-0.39, 0.29) is 18.0 Å². The van der Waals surface area contributed by atoms with Crippen LogP contribution in [0.5, 0.6) is 0 Å². The lowest BCUT2D eigenvalue weighted by atomic mass is 9.89. The Kier molecular flexibility index (Phi) is 7.40. The maximum atomic E-state index is 13.0.